The van der Waals surface area contributed by atoms with Crippen LogP contribution in [0.5, 0.6) is 5.75 Å². The molecule has 2 aromatic rings. The second-order valence-electron chi connectivity index (χ2n) is 4.18. The maximum Gasteiger partial charge on any atom is 0.306 e. The number of methoxy groups -OCH3 is 1. The monoisotopic (exact) mass is 326 g/mol. The van der Waals surface area contributed by atoms with Crippen LogP contribution in [0.4, 0.5) is 15.8 Å². The van der Waals surface area contributed by atoms with Crippen LogP contribution in [0.25, 0.3) is 0 Å². The van der Waals surface area contributed by atoms with Gasteiger partial charge in [-0.1, -0.05) is 12.1 Å². The first-order valence-electron chi connectivity index (χ1n) is 5.95. The quantitative estimate of drug-likeness (QED) is 0.672. The number of ether oxygens (including phenoxy) is 1. The molecule has 2 aromatic carbocycles. The van der Waals surface area contributed by atoms with Crippen LogP contribution in [0, 0.1) is 15.9 Å². The molecule has 0 radical (unpaired) electrons. The van der Waals surface area contributed by atoms with E-state index in [0.29, 0.717) is 0 Å². The summed E-state index contributed by atoms with van der Waals surface area (Å²) in [5.74, 6) is -0.933. The van der Waals surface area contributed by atoms with Gasteiger partial charge in [-0.2, -0.15) is 4.39 Å². The predicted molar refractivity (Wildman–Crippen MR) is 76.9 cm³/mol. The fourth-order valence-corrected chi connectivity index (χ4v) is 2.99. The number of sulfonamides is 1. The molecular weight excluding hydrogens is 315 g/mol. The summed E-state index contributed by atoms with van der Waals surface area (Å²) in [6, 6.07) is 8.60. The molecule has 7 nitrogen and oxygen atoms in total. The van der Waals surface area contributed by atoms with Crippen molar-refractivity contribution in [2.75, 3.05) is 11.8 Å². The zero-order valence-electron chi connectivity index (χ0n) is 11.3. The molecule has 2 rings (SSSR count). The minimum atomic E-state index is -4.03. The fraction of sp³-hybridized carbons (Fsp3) is 0.0769. The number of hydrogen-bond donors (Lipinski definition) is 1. The topological polar surface area (TPSA) is 98.5 Å². The lowest BCUT2D eigenvalue weighted by Gasteiger charge is -2.11. The van der Waals surface area contributed by atoms with Crippen LogP contribution in [0.2, 0.25) is 0 Å². The standard InChI is InChI=1S/C13H11FN2O5S/c1-21-12-4-2-3-5-13(12)22(19,20)15-9-6-7-10(14)11(8-9)16(17)18/h2-8,15H,1H3. The van der Waals surface area contributed by atoms with Gasteiger partial charge >= 0.3 is 5.69 Å². The van der Waals surface area contributed by atoms with Gasteiger partial charge in [0, 0.05) is 6.07 Å². The Bertz CT molecular complexity index is 823. The third kappa shape index (κ3) is 3.14. The lowest BCUT2D eigenvalue weighted by Crippen LogP contribution is -2.14. The summed E-state index contributed by atoms with van der Waals surface area (Å²) < 4.78 is 45.0. The number of nitro benzene ring substituents is 1. The molecule has 0 atom stereocenters. The van der Waals surface area contributed by atoms with Crippen molar-refractivity contribution in [3.8, 4) is 5.75 Å². The van der Waals surface area contributed by atoms with Crippen molar-refractivity contribution in [3.05, 3.63) is 58.4 Å². The van der Waals surface area contributed by atoms with Crippen molar-refractivity contribution >= 4 is 21.4 Å². The van der Waals surface area contributed by atoms with Crippen LogP contribution in [-0.4, -0.2) is 20.5 Å². The van der Waals surface area contributed by atoms with Crippen LogP contribution < -0.4 is 9.46 Å². The Hall–Kier alpha value is -2.68. The van der Waals surface area contributed by atoms with Crippen molar-refractivity contribution in [1.29, 1.82) is 0 Å². The largest absolute Gasteiger partial charge is 0.495 e. The van der Waals surface area contributed by atoms with Gasteiger partial charge in [0.2, 0.25) is 5.82 Å². The molecule has 1 N–H and O–H groups in total. The lowest BCUT2D eigenvalue weighted by molar-refractivity contribution is -0.387. The van der Waals surface area contributed by atoms with E-state index in [1.807, 2.05) is 0 Å². The van der Waals surface area contributed by atoms with Gasteiger partial charge < -0.3 is 4.74 Å². The number of halogens is 1. The second kappa shape index (κ2) is 5.98. The molecule has 0 aliphatic carbocycles. The highest BCUT2D eigenvalue weighted by atomic mass is 32.2. The molecule has 22 heavy (non-hydrogen) atoms. The van der Waals surface area contributed by atoms with Gasteiger partial charge in [0.05, 0.1) is 17.7 Å². The molecule has 0 aliphatic rings. The summed E-state index contributed by atoms with van der Waals surface area (Å²) in [7, 11) is -2.71. The van der Waals surface area contributed by atoms with E-state index >= 15 is 0 Å². The molecule has 0 saturated heterocycles. The minimum absolute atomic E-state index is 0.117. The van der Waals surface area contributed by atoms with E-state index in [1.165, 1.54) is 25.3 Å². The first kappa shape index (κ1) is 15.7. The predicted octanol–water partition coefficient (Wildman–Crippen LogP) is 2.54. The number of nitrogens with one attached hydrogen (secondary N) is 1. The van der Waals surface area contributed by atoms with Gasteiger partial charge in [0.15, 0.2) is 0 Å². The van der Waals surface area contributed by atoms with E-state index < -0.39 is 26.5 Å². The molecule has 0 heterocycles. The number of nitro groups is 1. The Morgan fingerprint density at radius 2 is 1.91 bits per heavy atom. The maximum atomic E-state index is 13.3. The van der Waals surface area contributed by atoms with Crippen LogP contribution in [0.1, 0.15) is 0 Å². The highest BCUT2D eigenvalue weighted by Gasteiger charge is 2.21. The number of benzene rings is 2. The molecule has 0 fully saturated rings. The summed E-state index contributed by atoms with van der Waals surface area (Å²) in [4.78, 5) is 9.61. The molecule has 0 aliphatic heterocycles. The van der Waals surface area contributed by atoms with E-state index in [9.17, 15) is 22.9 Å². The highest BCUT2D eigenvalue weighted by molar-refractivity contribution is 7.92. The molecule has 0 aromatic heterocycles. The summed E-state index contributed by atoms with van der Waals surface area (Å²) >= 11 is 0. The number of para-hydroxylation sites is 1. The smallest absolute Gasteiger partial charge is 0.306 e. The van der Waals surface area contributed by atoms with Gasteiger partial charge in [0.25, 0.3) is 10.0 Å². The number of rotatable bonds is 5. The Labute approximate surface area is 125 Å². The van der Waals surface area contributed by atoms with Gasteiger partial charge in [0.1, 0.15) is 10.6 Å². The summed E-state index contributed by atoms with van der Waals surface area (Å²) in [5, 5.41) is 10.7. The van der Waals surface area contributed by atoms with E-state index in [0.717, 1.165) is 18.2 Å². The third-order valence-corrected chi connectivity index (χ3v) is 4.17. The molecule has 0 unspecified atom stereocenters. The van der Waals surface area contributed by atoms with Crippen molar-refractivity contribution in [3.63, 3.8) is 0 Å². The van der Waals surface area contributed by atoms with E-state index in [-0.39, 0.29) is 16.3 Å². The highest BCUT2D eigenvalue weighted by Crippen LogP contribution is 2.27. The summed E-state index contributed by atoms with van der Waals surface area (Å²) in [6.45, 7) is 0. The molecule has 0 bridgehead atoms. The maximum absolute atomic E-state index is 13.3. The van der Waals surface area contributed by atoms with E-state index in [1.54, 1.807) is 6.07 Å². The Morgan fingerprint density at radius 1 is 1.23 bits per heavy atom. The zero-order valence-corrected chi connectivity index (χ0v) is 12.1. The Morgan fingerprint density at radius 3 is 2.55 bits per heavy atom. The number of hydrogen-bond acceptors (Lipinski definition) is 5. The average molecular weight is 326 g/mol. The van der Waals surface area contributed by atoms with Crippen molar-refractivity contribution in [2.45, 2.75) is 4.90 Å². The molecule has 0 spiro atoms. The van der Waals surface area contributed by atoms with E-state index in [2.05, 4.69) is 4.72 Å². The molecule has 116 valence electrons. The second-order valence-corrected chi connectivity index (χ2v) is 5.83. The van der Waals surface area contributed by atoms with Gasteiger partial charge in [-0.05, 0) is 24.3 Å². The van der Waals surface area contributed by atoms with Gasteiger partial charge in [-0.25, -0.2) is 8.42 Å². The number of nitrogens with zero attached hydrogens (tertiary/aromatic N) is 1. The van der Waals surface area contributed by atoms with Gasteiger partial charge in [-0.15, -0.1) is 0 Å². The third-order valence-electron chi connectivity index (χ3n) is 2.75. The van der Waals surface area contributed by atoms with Crippen molar-refractivity contribution < 1.29 is 22.5 Å². The molecular formula is C13H11FN2O5S. The lowest BCUT2D eigenvalue weighted by atomic mass is 10.3. The SMILES string of the molecule is COc1ccccc1S(=O)(=O)Nc1ccc(F)c([N+](=O)[O-])c1. The van der Waals surface area contributed by atoms with Crippen molar-refractivity contribution in [1.82, 2.24) is 0 Å². The van der Waals surface area contributed by atoms with Crippen LogP contribution in [0.3, 0.4) is 0 Å². The first-order chi connectivity index (χ1) is 10.3. The van der Waals surface area contributed by atoms with Gasteiger partial charge in [-0.3, -0.25) is 14.8 Å². The zero-order chi connectivity index (χ0) is 16.3. The average Bonchev–Trinajstić information content (AvgIpc) is 2.48. The minimum Gasteiger partial charge on any atom is -0.495 e. The molecule has 0 saturated carbocycles. The van der Waals surface area contributed by atoms with E-state index in [4.69, 9.17) is 4.74 Å². The normalized spacial score (nSPS) is 11.0. The van der Waals surface area contributed by atoms with Crippen LogP contribution in [0.15, 0.2) is 47.4 Å². The molecule has 0 amide bonds. The Balaban J connectivity index is 2.41. The molecule has 9 heteroatoms. The fourth-order valence-electron chi connectivity index (χ4n) is 1.77. The van der Waals surface area contributed by atoms with Crippen LogP contribution >= 0.6 is 0 Å². The summed E-state index contributed by atoms with van der Waals surface area (Å²) in [5.41, 5.74) is -0.945. The summed E-state index contributed by atoms with van der Waals surface area (Å²) in [6.07, 6.45) is 0. The van der Waals surface area contributed by atoms with Crippen LogP contribution in [-0.2, 0) is 10.0 Å². The Kier molecular flexibility index (Phi) is 4.27. The number of anilines is 1. The van der Waals surface area contributed by atoms with Crippen molar-refractivity contribution in [2.24, 2.45) is 0 Å². The first-order valence-corrected chi connectivity index (χ1v) is 7.43.